The van der Waals surface area contributed by atoms with Crippen molar-refractivity contribution in [1.82, 2.24) is 0 Å². The summed E-state index contributed by atoms with van der Waals surface area (Å²) < 4.78 is 56.4. The van der Waals surface area contributed by atoms with Gasteiger partial charge in [-0.15, -0.1) is 0 Å². The smallest absolute Gasteiger partial charge is 0.163 e. The average Bonchev–Trinajstić information content (AvgIpc) is 3.07. The van der Waals surface area contributed by atoms with Crippen LogP contribution in [0.2, 0.25) is 0 Å². The second kappa shape index (κ2) is 20.7. The van der Waals surface area contributed by atoms with Gasteiger partial charge in [0.05, 0.1) is 79.3 Å². The standard InChI is InChI=1S/C33H44O12/c34-28(26-4-6-30-32(24-26)44-22-18-40-14-10-36-8-12-38-16-20-42-30)2-1-3-29(35)27-5-7-31-33(25-27)45-23-19-41-15-11-37-9-13-39-17-21-43-31/h4-7,24-25H,1-3,8-23H2. The summed E-state index contributed by atoms with van der Waals surface area (Å²) in [6.07, 6.45) is 0.795. The number of hydrogen-bond acceptors (Lipinski definition) is 12. The minimum atomic E-state index is -0.0915. The number of carbonyl (C=O) groups excluding carboxylic acids is 2. The largest absolute Gasteiger partial charge is 0.487 e. The highest BCUT2D eigenvalue weighted by molar-refractivity contribution is 5.99. The monoisotopic (exact) mass is 632 g/mol. The number of hydrogen-bond donors (Lipinski definition) is 0. The van der Waals surface area contributed by atoms with Gasteiger partial charge in [0.15, 0.2) is 34.6 Å². The first-order valence-electron chi connectivity index (χ1n) is 15.5. The van der Waals surface area contributed by atoms with Crippen molar-refractivity contribution in [2.75, 3.05) is 106 Å². The summed E-state index contributed by atoms with van der Waals surface area (Å²) in [6, 6.07) is 10.2. The van der Waals surface area contributed by atoms with E-state index in [1.54, 1.807) is 36.4 Å². The Balaban J connectivity index is 1.30. The Bertz CT molecular complexity index is 1080. The van der Waals surface area contributed by atoms with Crippen LogP contribution in [0.15, 0.2) is 36.4 Å². The molecule has 0 saturated carbocycles. The van der Waals surface area contributed by atoms with Crippen molar-refractivity contribution >= 4 is 11.6 Å². The molecule has 0 aliphatic carbocycles. The topological polar surface area (TPSA) is 126 Å². The molecular formula is C33H44O12. The lowest BCUT2D eigenvalue weighted by atomic mass is 10.0. The number of ether oxygens (including phenoxy) is 10. The Kier molecular flexibility index (Phi) is 15.9. The Morgan fingerprint density at radius 3 is 1.02 bits per heavy atom. The number of carbonyl (C=O) groups is 2. The van der Waals surface area contributed by atoms with Crippen molar-refractivity contribution in [1.29, 1.82) is 0 Å². The zero-order valence-electron chi connectivity index (χ0n) is 25.8. The van der Waals surface area contributed by atoms with Gasteiger partial charge in [-0.05, 0) is 42.8 Å². The first kappa shape index (κ1) is 34.6. The predicted molar refractivity (Wildman–Crippen MR) is 162 cm³/mol. The molecule has 12 nitrogen and oxygen atoms in total. The first-order chi connectivity index (χ1) is 22.2. The van der Waals surface area contributed by atoms with Gasteiger partial charge in [-0.3, -0.25) is 9.59 Å². The highest BCUT2D eigenvalue weighted by Crippen LogP contribution is 2.31. The molecule has 0 bridgehead atoms. The molecule has 0 radical (unpaired) electrons. The molecule has 2 aromatic rings. The van der Waals surface area contributed by atoms with Crippen LogP contribution in [-0.4, -0.2) is 117 Å². The molecule has 2 heterocycles. The second-order valence-corrected chi connectivity index (χ2v) is 10.1. The lowest BCUT2D eigenvalue weighted by Gasteiger charge is -2.14. The highest BCUT2D eigenvalue weighted by Gasteiger charge is 2.16. The maximum atomic E-state index is 13.1. The molecule has 0 atom stereocenters. The zero-order valence-corrected chi connectivity index (χ0v) is 25.8. The van der Waals surface area contributed by atoms with Crippen LogP contribution >= 0.6 is 0 Å². The highest BCUT2D eigenvalue weighted by atomic mass is 16.6. The molecular weight excluding hydrogens is 588 g/mol. The van der Waals surface area contributed by atoms with Gasteiger partial charge in [0.25, 0.3) is 0 Å². The van der Waals surface area contributed by atoms with E-state index in [9.17, 15) is 9.59 Å². The van der Waals surface area contributed by atoms with Gasteiger partial charge in [-0.25, -0.2) is 0 Å². The van der Waals surface area contributed by atoms with Crippen molar-refractivity contribution in [3.05, 3.63) is 47.5 Å². The molecule has 0 fully saturated rings. The second-order valence-electron chi connectivity index (χ2n) is 10.1. The molecule has 0 saturated heterocycles. The summed E-state index contributed by atoms with van der Waals surface area (Å²) in [5, 5.41) is 0. The SMILES string of the molecule is O=C(CCCC(=O)c1ccc2c(c1)OCCOCCOCCOCCO2)c1ccc2c(c1)OCCOCCOCCOCCO2. The number of ketones is 2. The maximum absolute atomic E-state index is 13.1. The van der Waals surface area contributed by atoms with E-state index in [4.69, 9.17) is 47.4 Å². The quantitative estimate of drug-likeness (QED) is 0.432. The third-order valence-corrected chi connectivity index (χ3v) is 6.77. The van der Waals surface area contributed by atoms with E-state index in [1.807, 2.05) is 0 Å². The third-order valence-electron chi connectivity index (χ3n) is 6.77. The van der Waals surface area contributed by atoms with E-state index in [0.29, 0.717) is 146 Å². The number of rotatable bonds is 6. The van der Waals surface area contributed by atoms with Crippen molar-refractivity contribution < 1.29 is 57.0 Å². The molecule has 0 N–H and O–H groups in total. The summed E-state index contributed by atoms with van der Waals surface area (Å²) in [6.45, 7) is 6.60. The molecule has 12 heteroatoms. The van der Waals surface area contributed by atoms with Crippen LogP contribution in [0.5, 0.6) is 23.0 Å². The summed E-state index contributed by atoms with van der Waals surface area (Å²) in [5.74, 6) is 1.78. The summed E-state index contributed by atoms with van der Waals surface area (Å²) in [4.78, 5) is 26.1. The van der Waals surface area contributed by atoms with Crippen LogP contribution in [0.1, 0.15) is 40.0 Å². The van der Waals surface area contributed by atoms with Gasteiger partial charge in [-0.1, -0.05) is 0 Å². The van der Waals surface area contributed by atoms with E-state index in [0.717, 1.165) is 0 Å². The van der Waals surface area contributed by atoms with Gasteiger partial charge < -0.3 is 47.4 Å². The summed E-state index contributed by atoms with van der Waals surface area (Å²) >= 11 is 0. The molecule has 0 unspecified atom stereocenters. The number of benzene rings is 2. The van der Waals surface area contributed by atoms with Gasteiger partial charge in [0.2, 0.25) is 0 Å². The lowest BCUT2D eigenvalue weighted by Crippen LogP contribution is -2.13. The average molecular weight is 633 g/mol. The summed E-state index contributed by atoms with van der Waals surface area (Å²) in [5.41, 5.74) is 0.970. The Hall–Kier alpha value is -3.26. The fourth-order valence-corrected chi connectivity index (χ4v) is 4.45. The van der Waals surface area contributed by atoms with Gasteiger partial charge >= 0.3 is 0 Å². The Morgan fingerprint density at radius 1 is 0.400 bits per heavy atom. The number of Topliss-reactive ketones (excluding diaryl/α,β-unsaturated/α-hetero) is 2. The Morgan fingerprint density at radius 2 is 0.689 bits per heavy atom. The van der Waals surface area contributed by atoms with Crippen LogP contribution < -0.4 is 18.9 Å². The van der Waals surface area contributed by atoms with E-state index in [1.165, 1.54) is 0 Å². The van der Waals surface area contributed by atoms with Crippen LogP contribution in [0.4, 0.5) is 0 Å². The van der Waals surface area contributed by atoms with Crippen LogP contribution in [-0.2, 0) is 28.4 Å². The third kappa shape index (κ3) is 12.9. The molecule has 0 aromatic heterocycles. The molecule has 4 rings (SSSR count). The van der Waals surface area contributed by atoms with Crippen molar-refractivity contribution in [2.45, 2.75) is 19.3 Å². The van der Waals surface area contributed by atoms with Crippen molar-refractivity contribution in [2.24, 2.45) is 0 Å². The molecule has 2 aliphatic heterocycles. The van der Waals surface area contributed by atoms with Crippen LogP contribution in [0.25, 0.3) is 0 Å². The van der Waals surface area contributed by atoms with Crippen molar-refractivity contribution in [3.63, 3.8) is 0 Å². The van der Waals surface area contributed by atoms with Crippen LogP contribution in [0, 0.1) is 0 Å². The fourth-order valence-electron chi connectivity index (χ4n) is 4.45. The van der Waals surface area contributed by atoms with Crippen LogP contribution in [0.3, 0.4) is 0 Å². The molecule has 248 valence electrons. The summed E-state index contributed by atoms with van der Waals surface area (Å²) in [7, 11) is 0. The molecule has 0 amide bonds. The van der Waals surface area contributed by atoms with Crippen molar-refractivity contribution in [3.8, 4) is 23.0 Å². The fraction of sp³-hybridized carbons (Fsp3) is 0.576. The molecule has 45 heavy (non-hydrogen) atoms. The van der Waals surface area contributed by atoms with Gasteiger partial charge in [0, 0.05) is 24.0 Å². The zero-order chi connectivity index (χ0) is 31.4. The van der Waals surface area contributed by atoms with E-state index in [2.05, 4.69) is 0 Å². The molecule has 2 aliphatic rings. The normalized spacial score (nSPS) is 18.3. The van der Waals surface area contributed by atoms with Gasteiger partial charge in [-0.2, -0.15) is 0 Å². The van der Waals surface area contributed by atoms with Gasteiger partial charge in [0.1, 0.15) is 26.4 Å². The minimum Gasteiger partial charge on any atom is -0.487 e. The minimum absolute atomic E-state index is 0.0915. The van der Waals surface area contributed by atoms with E-state index >= 15 is 0 Å². The maximum Gasteiger partial charge on any atom is 0.163 e. The first-order valence-corrected chi connectivity index (χ1v) is 15.5. The predicted octanol–water partition coefficient (Wildman–Crippen LogP) is 3.56. The Labute approximate surface area is 264 Å². The van der Waals surface area contributed by atoms with E-state index in [-0.39, 0.29) is 24.4 Å². The molecule has 2 aromatic carbocycles. The van der Waals surface area contributed by atoms with E-state index < -0.39 is 0 Å². The lowest BCUT2D eigenvalue weighted by molar-refractivity contribution is 0.00708. The number of fused-ring (bicyclic) bond motifs is 2. The molecule has 0 spiro atoms.